The van der Waals surface area contributed by atoms with E-state index in [1.165, 1.54) is 0 Å². The molecule has 0 saturated carbocycles. The van der Waals surface area contributed by atoms with Gasteiger partial charge in [-0.3, -0.25) is 0 Å². The summed E-state index contributed by atoms with van der Waals surface area (Å²) in [6.45, 7) is 3.89. The lowest BCUT2D eigenvalue weighted by molar-refractivity contribution is -0.156. The molecule has 17 heavy (non-hydrogen) atoms. The SMILES string of the molecule is CO[C@@H]1OC(=O)C2=C1C/C=C\CC#CC2(C)C. The molecule has 90 valence electrons. The minimum Gasteiger partial charge on any atom is -0.428 e. The first-order valence-corrected chi connectivity index (χ1v) is 5.68. The molecular formula is C14H16O3. The van der Waals surface area contributed by atoms with Gasteiger partial charge in [0, 0.05) is 19.1 Å². The standard InChI is InChI=1S/C14H16O3/c1-14(2)9-7-5-4-6-8-10-11(14)12(15)17-13(10)16-3/h4,6,13H,5,8H2,1-3H3/b6-4-/t13-/m1/s1. The van der Waals surface area contributed by atoms with Crippen LogP contribution in [0.5, 0.6) is 0 Å². The van der Waals surface area contributed by atoms with Gasteiger partial charge < -0.3 is 9.47 Å². The van der Waals surface area contributed by atoms with E-state index in [0.717, 1.165) is 12.0 Å². The van der Waals surface area contributed by atoms with Gasteiger partial charge >= 0.3 is 5.97 Å². The lowest BCUT2D eigenvalue weighted by atomic mass is 9.82. The number of hydrogen-bond donors (Lipinski definition) is 0. The zero-order valence-electron chi connectivity index (χ0n) is 10.4. The van der Waals surface area contributed by atoms with Gasteiger partial charge in [-0.05, 0) is 20.3 Å². The van der Waals surface area contributed by atoms with Crippen molar-refractivity contribution in [2.45, 2.75) is 33.0 Å². The third kappa shape index (κ3) is 2.13. The second-order valence-electron chi connectivity index (χ2n) is 4.68. The Balaban J connectivity index is 2.52. The first-order valence-electron chi connectivity index (χ1n) is 5.68. The van der Waals surface area contributed by atoms with Crippen molar-refractivity contribution in [2.24, 2.45) is 5.41 Å². The summed E-state index contributed by atoms with van der Waals surface area (Å²) in [7, 11) is 1.54. The predicted molar refractivity (Wildman–Crippen MR) is 63.8 cm³/mol. The van der Waals surface area contributed by atoms with E-state index in [1.54, 1.807) is 7.11 Å². The number of carbonyl (C=O) groups is 1. The molecule has 1 aliphatic heterocycles. The maximum Gasteiger partial charge on any atom is 0.338 e. The Kier molecular flexibility index (Phi) is 3.08. The van der Waals surface area contributed by atoms with Crippen molar-refractivity contribution in [3.05, 3.63) is 23.3 Å². The quantitative estimate of drug-likeness (QED) is 0.395. The number of hydrogen-bond acceptors (Lipinski definition) is 3. The topological polar surface area (TPSA) is 35.5 Å². The zero-order valence-corrected chi connectivity index (χ0v) is 10.4. The maximum atomic E-state index is 11.9. The summed E-state index contributed by atoms with van der Waals surface area (Å²) in [5, 5.41) is 0. The van der Waals surface area contributed by atoms with E-state index in [-0.39, 0.29) is 5.97 Å². The predicted octanol–water partition coefficient (Wildman–Crippen LogP) is 2.19. The van der Waals surface area contributed by atoms with Gasteiger partial charge in [-0.1, -0.05) is 24.0 Å². The summed E-state index contributed by atoms with van der Waals surface area (Å²) < 4.78 is 10.4. The Labute approximate surface area is 101 Å². The highest BCUT2D eigenvalue weighted by Gasteiger charge is 2.41. The molecule has 0 saturated heterocycles. The zero-order chi connectivity index (χ0) is 12.5. The molecule has 3 heteroatoms. The van der Waals surface area contributed by atoms with Gasteiger partial charge in [-0.2, -0.15) is 0 Å². The fourth-order valence-electron chi connectivity index (χ4n) is 2.21. The van der Waals surface area contributed by atoms with Gasteiger partial charge in [0.1, 0.15) is 0 Å². The molecule has 1 heterocycles. The Morgan fingerprint density at radius 1 is 1.47 bits per heavy atom. The van der Waals surface area contributed by atoms with Crippen molar-refractivity contribution in [1.82, 2.24) is 0 Å². The Hall–Kier alpha value is -1.53. The van der Waals surface area contributed by atoms with E-state index in [1.807, 2.05) is 26.0 Å². The van der Waals surface area contributed by atoms with Crippen LogP contribution in [0.25, 0.3) is 0 Å². The lowest BCUT2D eigenvalue weighted by Gasteiger charge is -2.18. The van der Waals surface area contributed by atoms with Crippen molar-refractivity contribution in [3.8, 4) is 11.8 Å². The molecule has 2 rings (SSSR count). The minimum atomic E-state index is -0.554. The van der Waals surface area contributed by atoms with Gasteiger partial charge in [0.05, 0.1) is 11.0 Å². The van der Waals surface area contributed by atoms with Crippen molar-refractivity contribution in [1.29, 1.82) is 0 Å². The highest BCUT2D eigenvalue weighted by atomic mass is 16.7. The Morgan fingerprint density at radius 2 is 2.24 bits per heavy atom. The Bertz CT molecular complexity index is 458. The number of cyclic esters (lactones) is 1. The molecule has 0 spiro atoms. The first-order chi connectivity index (χ1) is 8.06. The third-order valence-corrected chi connectivity index (χ3v) is 2.99. The van der Waals surface area contributed by atoms with Crippen LogP contribution in [0.15, 0.2) is 23.3 Å². The van der Waals surface area contributed by atoms with Gasteiger partial charge in [0.25, 0.3) is 0 Å². The summed E-state index contributed by atoms with van der Waals surface area (Å²) in [4.78, 5) is 11.9. The third-order valence-electron chi connectivity index (χ3n) is 2.99. The van der Waals surface area contributed by atoms with Gasteiger partial charge in [0.2, 0.25) is 6.29 Å². The molecule has 0 fully saturated rings. The summed E-state index contributed by atoms with van der Waals surface area (Å²) >= 11 is 0. The van der Waals surface area contributed by atoms with Crippen molar-refractivity contribution < 1.29 is 14.3 Å². The van der Waals surface area contributed by atoms with E-state index in [0.29, 0.717) is 12.0 Å². The van der Waals surface area contributed by atoms with E-state index < -0.39 is 11.7 Å². The Morgan fingerprint density at radius 3 is 2.94 bits per heavy atom. The van der Waals surface area contributed by atoms with Crippen molar-refractivity contribution >= 4 is 5.97 Å². The highest BCUT2D eigenvalue weighted by Crippen LogP contribution is 2.38. The van der Waals surface area contributed by atoms with Crippen LogP contribution in [0.2, 0.25) is 0 Å². The summed E-state index contributed by atoms with van der Waals surface area (Å²) in [6, 6.07) is 0. The molecular weight excluding hydrogens is 216 g/mol. The average molecular weight is 232 g/mol. The highest BCUT2D eigenvalue weighted by molar-refractivity contribution is 5.94. The van der Waals surface area contributed by atoms with Gasteiger partial charge in [-0.25, -0.2) is 4.79 Å². The molecule has 0 unspecified atom stereocenters. The van der Waals surface area contributed by atoms with Crippen LogP contribution in [0.4, 0.5) is 0 Å². The van der Waals surface area contributed by atoms with E-state index in [2.05, 4.69) is 11.8 Å². The fraction of sp³-hybridized carbons (Fsp3) is 0.500. The molecule has 0 aromatic heterocycles. The first kappa shape index (κ1) is 11.9. The summed E-state index contributed by atoms with van der Waals surface area (Å²) in [5.41, 5.74) is 1.07. The second kappa shape index (κ2) is 4.38. The number of esters is 1. The number of carbonyl (C=O) groups excluding carboxylic acids is 1. The number of rotatable bonds is 1. The molecule has 0 N–H and O–H groups in total. The van der Waals surface area contributed by atoms with Gasteiger partial charge in [-0.15, -0.1) is 0 Å². The van der Waals surface area contributed by atoms with Crippen molar-refractivity contribution in [2.75, 3.05) is 7.11 Å². The summed E-state index contributed by atoms with van der Waals surface area (Å²) in [6.07, 6.45) is 4.86. The molecule has 0 bridgehead atoms. The van der Waals surface area contributed by atoms with Crippen LogP contribution in [0, 0.1) is 17.3 Å². The number of ether oxygens (including phenoxy) is 2. The van der Waals surface area contributed by atoms with E-state index in [4.69, 9.17) is 9.47 Å². The van der Waals surface area contributed by atoms with E-state index >= 15 is 0 Å². The minimum absolute atomic E-state index is 0.304. The summed E-state index contributed by atoms with van der Waals surface area (Å²) in [5.74, 6) is 5.89. The fourth-order valence-corrected chi connectivity index (χ4v) is 2.21. The largest absolute Gasteiger partial charge is 0.428 e. The second-order valence-corrected chi connectivity index (χ2v) is 4.68. The number of allylic oxidation sites excluding steroid dienone is 2. The molecule has 0 radical (unpaired) electrons. The molecule has 2 aliphatic rings. The molecule has 0 aromatic rings. The van der Waals surface area contributed by atoms with Crippen LogP contribution in [0.3, 0.4) is 0 Å². The molecule has 1 aliphatic carbocycles. The molecule has 3 nitrogen and oxygen atoms in total. The van der Waals surface area contributed by atoms with E-state index in [9.17, 15) is 4.79 Å². The van der Waals surface area contributed by atoms with Crippen LogP contribution in [0.1, 0.15) is 26.7 Å². The van der Waals surface area contributed by atoms with Crippen LogP contribution in [-0.4, -0.2) is 19.4 Å². The normalized spacial score (nSPS) is 28.2. The smallest absolute Gasteiger partial charge is 0.338 e. The van der Waals surface area contributed by atoms with Gasteiger partial charge in [0.15, 0.2) is 0 Å². The molecule has 0 amide bonds. The van der Waals surface area contributed by atoms with Crippen LogP contribution in [-0.2, 0) is 14.3 Å². The number of methoxy groups -OCH3 is 1. The molecule has 0 aromatic carbocycles. The van der Waals surface area contributed by atoms with Crippen LogP contribution >= 0.6 is 0 Å². The monoisotopic (exact) mass is 232 g/mol. The average Bonchev–Trinajstić information content (AvgIpc) is 2.62. The van der Waals surface area contributed by atoms with Crippen molar-refractivity contribution in [3.63, 3.8) is 0 Å². The lowest BCUT2D eigenvalue weighted by Crippen LogP contribution is -2.18. The maximum absolute atomic E-state index is 11.9. The molecule has 1 atom stereocenters. The van der Waals surface area contributed by atoms with Crippen LogP contribution < -0.4 is 0 Å².